The molecular weight excluding hydrogens is 276 g/mol. The zero-order valence-corrected chi connectivity index (χ0v) is 12.0. The lowest BCUT2D eigenvalue weighted by atomic mass is 10.1. The maximum Gasteiger partial charge on any atom is 0.381 e. The van der Waals surface area contributed by atoms with Gasteiger partial charge in [0, 0.05) is 32.4 Å². The maximum atomic E-state index is 11.8. The molecule has 1 heterocycles. The number of nitrogens with one attached hydrogen (secondary N) is 1. The first-order valence-electron chi connectivity index (χ1n) is 7.10. The summed E-state index contributed by atoms with van der Waals surface area (Å²) in [6, 6.07) is 0. The monoisotopic (exact) mass is 296 g/mol. The SMILES string of the molecule is Cc1nc([N+](=O)[O-])cn1CCC(=O)NCC1CCCC1O. The highest BCUT2D eigenvalue weighted by Crippen LogP contribution is 2.24. The fraction of sp³-hybridized carbons (Fsp3) is 0.692. The molecule has 0 spiro atoms. The minimum Gasteiger partial charge on any atom is -0.393 e. The van der Waals surface area contributed by atoms with Gasteiger partial charge in [-0.2, -0.15) is 0 Å². The molecule has 1 aromatic heterocycles. The minimum absolute atomic E-state index is 0.121. The molecule has 1 aromatic rings. The summed E-state index contributed by atoms with van der Waals surface area (Å²) < 4.78 is 1.60. The summed E-state index contributed by atoms with van der Waals surface area (Å²) >= 11 is 0. The van der Waals surface area contributed by atoms with Gasteiger partial charge in [0.2, 0.25) is 11.7 Å². The van der Waals surface area contributed by atoms with Crippen LogP contribution in [0, 0.1) is 23.0 Å². The lowest BCUT2D eigenvalue weighted by Crippen LogP contribution is -2.32. The molecule has 1 amide bonds. The third-order valence-electron chi connectivity index (χ3n) is 3.91. The van der Waals surface area contributed by atoms with E-state index in [4.69, 9.17) is 0 Å². The molecule has 0 radical (unpaired) electrons. The summed E-state index contributed by atoms with van der Waals surface area (Å²) in [6.07, 6.45) is 4.00. The van der Waals surface area contributed by atoms with Gasteiger partial charge < -0.3 is 25.1 Å². The van der Waals surface area contributed by atoms with E-state index in [-0.39, 0.29) is 30.2 Å². The van der Waals surface area contributed by atoms with Gasteiger partial charge in [0.05, 0.1) is 6.10 Å². The Bertz CT molecular complexity index is 528. The van der Waals surface area contributed by atoms with Gasteiger partial charge in [-0.3, -0.25) is 4.79 Å². The van der Waals surface area contributed by atoms with Crippen LogP contribution in [-0.4, -0.2) is 38.1 Å². The average molecular weight is 296 g/mol. The Labute approximate surface area is 122 Å². The van der Waals surface area contributed by atoms with Gasteiger partial charge in [-0.25, -0.2) is 0 Å². The maximum absolute atomic E-state index is 11.8. The van der Waals surface area contributed by atoms with Crippen molar-refractivity contribution in [1.29, 1.82) is 0 Å². The molecule has 0 saturated heterocycles. The molecule has 2 atom stereocenters. The number of carbonyl (C=O) groups is 1. The van der Waals surface area contributed by atoms with Crippen LogP contribution in [0.3, 0.4) is 0 Å². The van der Waals surface area contributed by atoms with Crippen molar-refractivity contribution in [1.82, 2.24) is 14.9 Å². The summed E-state index contributed by atoms with van der Waals surface area (Å²) in [5.74, 6) is 0.331. The fourth-order valence-corrected chi connectivity index (χ4v) is 2.62. The quantitative estimate of drug-likeness (QED) is 0.595. The summed E-state index contributed by atoms with van der Waals surface area (Å²) in [7, 11) is 0. The number of rotatable bonds is 6. The molecule has 2 rings (SSSR count). The van der Waals surface area contributed by atoms with E-state index < -0.39 is 4.92 Å². The number of nitro groups is 1. The van der Waals surface area contributed by atoms with Crippen LogP contribution in [0.2, 0.25) is 0 Å². The topological polar surface area (TPSA) is 110 Å². The molecule has 0 aliphatic heterocycles. The van der Waals surface area contributed by atoms with Crippen molar-refractivity contribution < 1.29 is 14.8 Å². The van der Waals surface area contributed by atoms with Gasteiger partial charge in [0.25, 0.3) is 0 Å². The molecule has 1 aliphatic rings. The Morgan fingerprint density at radius 1 is 1.62 bits per heavy atom. The number of hydrogen-bond donors (Lipinski definition) is 2. The second-order valence-corrected chi connectivity index (χ2v) is 5.41. The van der Waals surface area contributed by atoms with Crippen molar-refractivity contribution in [3.63, 3.8) is 0 Å². The van der Waals surface area contributed by atoms with Gasteiger partial charge in [0.1, 0.15) is 6.20 Å². The van der Waals surface area contributed by atoms with Gasteiger partial charge in [-0.05, 0) is 22.7 Å². The van der Waals surface area contributed by atoms with E-state index in [2.05, 4.69) is 10.3 Å². The number of imidazole rings is 1. The molecular formula is C13H20N4O4. The van der Waals surface area contributed by atoms with Crippen LogP contribution >= 0.6 is 0 Å². The van der Waals surface area contributed by atoms with E-state index in [9.17, 15) is 20.0 Å². The number of carbonyl (C=O) groups excluding carboxylic acids is 1. The smallest absolute Gasteiger partial charge is 0.381 e. The summed E-state index contributed by atoms with van der Waals surface area (Å²) in [5.41, 5.74) is 0. The van der Waals surface area contributed by atoms with Crippen LogP contribution in [0.4, 0.5) is 5.82 Å². The zero-order chi connectivity index (χ0) is 15.4. The molecule has 0 bridgehead atoms. The lowest BCUT2D eigenvalue weighted by Gasteiger charge is -2.15. The molecule has 2 unspecified atom stereocenters. The minimum atomic E-state index is -0.551. The number of hydrogen-bond acceptors (Lipinski definition) is 5. The second-order valence-electron chi connectivity index (χ2n) is 5.41. The molecule has 1 fully saturated rings. The highest BCUT2D eigenvalue weighted by molar-refractivity contribution is 5.75. The first-order chi connectivity index (χ1) is 9.97. The average Bonchev–Trinajstić information content (AvgIpc) is 3.00. The first-order valence-corrected chi connectivity index (χ1v) is 7.10. The fourth-order valence-electron chi connectivity index (χ4n) is 2.62. The molecule has 116 valence electrons. The van der Waals surface area contributed by atoms with Crippen molar-refractivity contribution in [2.75, 3.05) is 6.54 Å². The van der Waals surface area contributed by atoms with Crippen molar-refractivity contribution in [3.05, 3.63) is 22.1 Å². The van der Waals surface area contributed by atoms with Gasteiger partial charge in [-0.15, -0.1) is 0 Å². The molecule has 8 nitrogen and oxygen atoms in total. The van der Waals surface area contributed by atoms with E-state index in [0.717, 1.165) is 19.3 Å². The molecule has 1 saturated carbocycles. The normalized spacial score (nSPS) is 21.4. The van der Waals surface area contributed by atoms with E-state index in [1.54, 1.807) is 11.5 Å². The third kappa shape index (κ3) is 4.01. The molecule has 0 aromatic carbocycles. The van der Waals surface area contributed by atoms with Crippen LogP contribution in [0.5, 0.6) is 0 Å². The van der Waals surface area contributed by atoms with E-state index in [0.29, 0.717) is 18.9 Å². The van der Waals surface area contributed by atoms with Crippen molar-refractivity contribution in [3.8, 4) is 0 Å². The predicted molar refractivity (Wildman–Crippen MR) is 74.6 cm³/mol. The first kappa shape index (κ1) is 15.4. The van der Waals surface area contributed by atoms with Crippen LogP contribution in [-0.2, 0) is 11.3 Å². The van der Waals surface area contributed by atoms with Gasteiger partial charge in [-0.1, -0.05) is 6.42 Å². The van der Waals surface area contributed by atoms with Crippen LogP contribution in [0.15, 0.2) is 6.20 Å². The number of amides is 1. The summed E-state index contributed by atoms with van der Waals surface area (Å²) in [4.78, 5) is 25.6. The summed E-state index contributed by atoms with van der Waals surface area (Å²) in [6.45, 7) is 2.51. The number of aromatic nitrogens is 2. The molecule has 8 heteroatoms. The summed E-state index contributed by atoms with van der Waals surface area (Å²) in [5, 5.41) is 23.1. The Balaban J connectivity index is 1.77. The van der Waals surface area contributed by atoms with Gasteiger partial charge in [0.15, 0.2) is 0 Å². The third-order valence-corrected chi connectivity index (χ3v) is 3.91. The van der Waals surface area contributed by atoms with E-state index in [1.165, 1.54) is 6.20 Å². The molecule has 1 aliphatic carbocycles. The Morgan fingerprint density at radius 3 is 2.95 bits per heavy atom. The van der Waals surface area contributed by atoms with E-state index >= 15 is 0 Å². The highest BCUT2D eigenvalue weighted by atomic mass is 16.6. The van der Waals surface area contributed by atoms with E-state index in [1.807, 2.05) is 0 Å². The number of aryl methyl sites for hydroxylation is 2. The van der Waals surface area contributed by atoms with Crippen LogP contribution in [0.25, 0.3) is 0 Å². The van der Waals surface area contributed by atoms with Crippen molar-refractivity contribution >= 4 is 11.7 Å². The number of aliphatic hydroxyl groups is 1. The number of aliphatic hydroxyl groups excluding tert-OH is 1. The highest BCUT2D eigenvalue weighted by Gasteiger charge is 2.25. The molecule has 2 N–H and O–H groups in total. The zero-order valence-electron chi connectivity index (χ0n) is 12.0. The Morgan fingerprint density at radius 2 is 2.38 bits per heavy atom. The predicted octanol–water partition coefficient (Wildman–Crippen LogP) is 0.767. The lowest BCUT2D eigenvalue weighted by molar-refractivity contribution is -0.389. The van der Waals surface area contributed by atoms with Crippen molar-refractivity contribution in [2.24, 2.45) is 5.92 Å². The van der Waals surface area contributed by atoms with Crippen LogP contribution < -0.4 is 5.32 Å². The Hall–Kier alpha value is -1.96. The van der Waals surface area contributed by atoms with Crippen molar-refractivity contribution in [2.45, 2.75) is 45.3 Å². The Kier molecular flexibility index (Phi) is 4.89. The number of nitrogens with zero attached hydrogens (tertiary/aromatic N) is 3. The largest absolute Gasteiger partial charge is 0.393 e. The van der Waals surface area contributed by atoms with Crippen LogP contribution in [0.1, 0.15) is 31.5 Å². The van der Waals surface area contributed by atoms with Gasteiger partial charge >= 0.3 is 5.82 Å². The second kappa shape index (κ2) is 6.66. The molecule has 21 heavy (non-hydrogen) atoms. The standard InChI is InChI=1S/C13H20N4O4/c1-9-15-12(17(20)21)8-16(9)6-5-13(19)14-7-10-3-2-4-11(10)18/h8,10-11,18H,2-7H2,1H3,(H,14,19).